The molecule has 3 rings (SSSR count). The second kappa shape index (κ2) is 9.48. The van der Waals surface area contributed by atoms with Gasteiger partial charge in [-0.15, -0.1) is 0 Å². The standard InChI is InChI=1S/C22H21FN2O5S/c1-29-17-12-19(24-14-21(26)25-16-10-8-15(23)9-11-16)22(30-2)20(13-17)31(27,28)18-6-4-3-5-7-18/h3-13,24H,14H2,1-2H3,(H,25,26). The van der Waals surface area contributed by atoms with Crippen molar-refractivity contribution >= 4 is 27.1 Å². The van der Waals surface area contributed by atoms with E-state index in [9.17, 15) is 17.6 Å². The fraction of sp³-hybridized carbons (Fsp3) is 0.136. The Bertz CT molecular complexity index is 1170. The number of ether oxygens (including phenoxy) is 2. The first-order chi connectivity index (χ1) is 14.8. The molecule has 0 heterocycles. The molecule has 7 nitrogen and oxygen atoms in total. The summed E-state index contributed by atoms with van der Waals surface area (Å²) in [6, 6.07) is 16.2. The molecule has 0 aromatic heterocycles. The van der Waals surface area contributed by atoms with E-state index in [0.29, 0.717) is 5.69 Å². The van der Waals surface area contributed by atoms with E-state index < -0.39 is 21.6 Å². The Kier molecular flexibility index (Phi) is 6.76. The van der Waals surface area contributed by atoms with Crippen molar-refractivity contribution in [2.24, 2.45) is 0 Å². The summed E-state index contributed by atoms with van der Waals surface area (Å²) in [7, 11) is -1.16. The van der Waals surface area contributed by atoms with E-state index in [0.717, 1.165) is 0 Å². The van der Waals surface area contributed by atoms with Crippen LogP contribution in [0.15, 0.2) is 76.5 Å². The second-order valence-corrected chi connectivity index (χ2v) is 8.35. The number of rotatable bonds is 8. The number of anilines is 2. The maximum atomic E-state index is 13.2. The van der Waals surface area contributed by atoms with Crippen LogP contribution < -0.4 is 20.1 Å². The van der Waals surface area contributed by atoms with Gasteiger partial charge in [0.2, 0.25) is 15.7 Å². The number of hydrogen-bond donors (Lipinski definition) is 2. The summed E-state index contributed by atoms with van der Waals surface area (Å²) >= 11 is 0. The van der Waals surface area contributed by atoms with Gasteiger partial charge in [-0.3, -0.25) is 4.79 Å². The topological polar surface area (TPSA) is 93.7 Å². The molecule has 0 aliphatic rings. The monoisotopic (exact) mass is 444 g/mol. The van der Waals surface area contributed by atoms with E-state index in [1.54, 1.807) is 18.2 Å². The molecule has 3 aromatic carbocycles. The van der Waals surface area contributed by atoms with Crippen molar-refractivity contribution in [2.75, 3.05) is 31.4 Å². The van der Waals surface area contributed by atoms with Crippen LogP contribution in [-0.2, 0) is 14.6 Å². The third-order valence-corrected chi connectivity index (χ3v) is 6.15. The molecule has 0 saturated carbocycles. The fourth-order valence-electron chi connectivity index (χ4n) is 2.88. The summed E-state index contributed by atoms with van der Waals surface area (Å²) in [5.74, 6) is -0.496. The zero-order valence-electron chi connectivity index (χ0n) is 16.9. The first-order valence-electron chi connectivity index (χ1n) is 9.20. The minimum absolute atomic E-state index is 0.0548. The largest absolute Gasteiger partial charge is 0.497 e. The lowest BCUT2D eigenvalue weighted by molar-refractivity contribution is -0.114. The van der Waals surface area contributed by atoms with Crippen molar-refractivity contribution in [2.45, 2.75) is 9.79 Å². The molecule has 0 aliphatic heterocycles. The molecule has 0 aliphatic carbocycles. The number of carbonyl (C=O) groups is 1. The van der Waals surface area contributed by atoms with E-state index in [1.165, 1.54) is 62.8 Å². The quantitative estimate of drug-likeness (QED) is 0.550. The predicted octanol–water partition coefficient (Wildman–Crippen LogP) is 3.73. The van der Waals surface area contributed by atoms with Crippen LogP contribution in [0.25, 0.3) is 0 Å². The van der Waals surface area contributed by atoms with Gasteiger partial charge in [0.15, 0.2) is 5.75 Å². The van der Waals surface area contributed by atoms with Crippen molar-refractivity contribution in [3.05, 3.63) is 72.5 Å². The van der Waals surface area contributed by atoms with Crippen LogP contribution in [0.1, 0.15) is 0 Å². The average molecular weight is 444 g/mol. The van der Waals surface area contributed by atoms with Crippen LogP contribution in [0.4, 0.5) is 15.8 Å². The zero-order chi connectivity index (χ0) is 22.4. The minimum Gasteiger partial charge on any atom is -0.497 e. The molecule has 0 spiro atoms. The second-order valence-electron chi connectivity index (χ2n) is 6.43. The first kappa shape index (κ1) is 22.1. The molecule has 0 radical (unpaired) electrons. The Labute approximate surface area is 179 Å². The van der Waals surface area contributed by atoms with E-state index in [1.807, 2.05) is 0 Å². The molecule has 0 fully saturated rings. The molecule has 31 heavy (non-hydrogen) atoms. The van der Waals surface area contributed by atoms with Gasteiger partial charge in [-0.1, -0.05) is 18.2 Å². The summed E-state index contributed by atoms with van der Waals surface area (Å²) in [6.07, 6.45) is 0. The number of benzene rings is 3. The molecule has 0 unspecified atom stereocenters. The molecular formula is C22H21FN2O5S. The molecule has 2 N–H and O–H groups in total. The minimum atomic E-state index is -3.91. The summed E-state index contributed by atoms with van der Waals surface area (Å²) < 4.78 is 50.0. The third-order valence-electron chi connectivity index (χ3n) is 4.38. The van der Waals surface area contributed by atoms with Crippen LogP contribution in [0.2, 0.25) is 0 Å². The van der Waals surface area contributed by atoms with Crippen molar-refractivity contribution in [3.63, 3.8) is 0 Å². The lowest BCUT2D eigenvalue weighted by atomic mass is 10.2. The number of hydrogen-bond acceptors (Lipinski definition) is 6. The van der Waals surface area contributed by atoms with Gasteiger partial charge in [-0.25, -0.2) is 12.8 Å². The van der Waals surface area contributed by atoms with Crippen molar-refractivity contribution < 1.29 is 27.1 Å². The van der Waals surface area contributed by atoms with Gasteiger partial charge in [0.25, 0.3) is 0 Å². The smallest absolute Gasteiger partial charge is 0.243 e. The number of halogens is 1. The van der Waals surface area contributed by atoms with Crippen LogP contribution in [-0.4, -0.2) is 35.1 Å². The van der Waals surface area contributed by atoms with Gasteiger partial charge in [0.1, 0.15) is 16.5 Å². The van der Waals surface area contributed by atoms with Gasteiger partial charge in [0.05, 0.1) is 31.3 Å². The number of amides is 1. The van der Waals surface area contributed by atoms with Gasteiger partial charge < -0.3 is 20.1 Å². The number of carbonyl (C=O) groups excluding carboxylic acids is 1. The van der Waals surface area contributed by atoms with Gasteiger partial charge in [0, 0.05) is 17.8 Å². The average Bonchev–Trinajstić information content (AvgIpc) is 2.79. The van der Waals surface area contributed by atoms with E-state index in [2.05, 4.69) is 10.6 Å². The lowest BCUT2D eigenvalue weighted by Crippen LogP contribution is -2.22. The van der Waals surface area contributed by atoms with E-state index in [-0.39, 0.29) is 33.5 Å². The van der Waals surface area contributed by atoms with Crippen LogP contribution in [0.5, 0.6) is 11.5 Å². The summed E-state index contributed by atoms with van der Waals surface area (Å²) in [5.41, 5.74) is 0.698. The van der Waals surface area contributed by atoms with Gasteiger partial charge in [-0.05, 0) is 36.4 Å². The Morgan fingerprint density at radius 1 is 0.968 bits per heavy atom. The van der Waals surface area contributed by atoms with Gasteiger partial charge >= 0.3 is 0 Å². The molecular weight excluding hydrogens is 423 g/mol. The van der Waals surface area contributed by atoms with Crippen molar-refractivity contribution in [1.82, 2.24) is 0 Å². The van der Waals surface area contributed by atoms with Crippen molar-refractivity contribution in [3.8, 4) is 11.5 Å². The molecule has 0 atom stereocenters. The molecule has 162 valence electrons. The van der Waals surface area contributed by atoms with Gasteiger partial charge in [-0.2, -0.15) is 0 Å². The molecule has 9 heteroatoms. The van der Waals surface area contributed by atoms with E-state index >= 15 is 0 Å². The summed E-state index contributed by atoms with van der Waals surface area (Å²) in [5, 5.41) is 5.50. The maximum absolute atomic E-state index is 13.2. The SMILES string of the molecule is COc1cc(NCC(=O)Nc2ccc(F)cc2)c(OC)c(S(=O)(=O)c2ccccc2)c1. The number of methoxy groups -OCH3 is 2. The fourth-order valence-corrected chi connectivity index (χ4v) is 4.35. The summed E-state index contributed by atoms with van der Waals surface area (Å²) in [6.45, 7) is -0.189. The number of sulfone groups is 1. The third kappa shape index (κ3) is 5.13. The highest BCUT2D eigenvalue weighted by Gasteiger charge is 2.26. The Balaban J connectivity index is 1.89. The lowest BCUT2D eigenvalue weighted by Gasteiger charge is -2.17. The number of nitrogens with one attached hydrogen (secondary N) is 2. The Hall–Kier alpha value is -3.59. The van der Waals surface area contributed by atoms with Crippen LogP contribution >= 0.6 is 0 Å². The molecule has 0 saturated heterocycles. The Morgan fingerprint density at radius 2 is 1.65 bits per heavy atom. The van der Waals surface area contributed by atoms with E-state index in [4.69, 9.17) is 9.47 Å². The highest BCUT2D eigenvalue weighted by atomic mass is 32.2. The normalized spacial score (nSPS) is 10.9. The Morgan fingerprint density at radius 3 is 2.26 bits per heavy atom. The highest BCUT2D eigenvalue weighted by molar-refractivity contribution is 7.91. The maximum Gasteiger partial charge on any atom is 0.243 e. The first-order valence-corrected chi connectivity index (χ1v) is 10.7. The zero-order valence-corrected chi connectivity index (χ0v) is 17.7. The highest BCUT2D eigenvalue weighted by Crippen LogP contribution is 2.39. The summed E-state index contributed by atoms with van der Waals surface area (Å²) in [4.78, 5) is 12.3. The van der Waals surface area contributed by atoms with Crippen LogP contribution in [0.3, 0.4) is 0 Å². The van der Waals surface area contributed by atoms with Crippen molar-refractivity contribution in [1.29, 1.82) is 0 Å². The molecule has 0 bridgehead atoms. The van der Waals surface area contributed by atoms with Crippen LogP contribution in [0, 0.1) is 5.82 Å². The predicted molar refractivity (Wildman–Crippen MR) is 115 cm³/mol. The molecule has 3 aromatic rings. The molecule has 1 amide bonds.